The summed E-state index contributed by atoms with van der Waals surface area (Å²) >= 11 is 7.76. The summed E-state index contributed by atoms with van der Waals surface area (Å²) in [6, 6.07) is 15.2. The van der Waals surface area contributed by atoms with Gasteiger partial charge in [-0.1, -0.05) is 35.5 Å². The number of thioether (sulfide) groups is 1. The maximum atomic E-state index is 11.7. The molecular weight excluding hydrogens is 382 g/mol. The Morgan fingerprint density at radius 3 is 2.52 bits per heavy atom. The van der Waals surface area contributed by atoms with Crippen molar-refractivity contribution in [2.75, 3.05) is 6.61 Å². The first kappa shape index (κ1) is 19.5. The zero-order chi connectivity index (χ0) is 19.4. The molecule has 1 aromatic heterocycles. The van der Waals surface area contributed by atoms with Crippen LogP contribution in [0.4, 0.5) is 0 Å². The molecule has 3 rings (SSSR count). The Balaban J connectivity index is 2.11. The van der Waals surface area contributed by atoms with Crippen LogP contribution < -0.4 is 4.74 Å². The van der Waals surface area contributed by atoms with E-state index in [9.17, 15) is 4.79 Å². The van der Waals surface area contributed by atoms with Crippen molar-refractivity contribution < 1.29 is 9.53 Å². The van der Waals surface area contributed by atoms with Crippen LogP contribution in [0.2, 0.25) is 5.02 Å². The molecule has 0 aliphatic carbocycles. The fourth-order valence-electron chi connectivity index (χ4n) is 2.50. The summed E-state index contributed by atoms with van der Waals surface area (Å²) in [6.45, 7) is 5.98. The highest BCUT2D eigenvalue weighted by Gasteiger charge is 2.21. The van der Waals surface area contributed by atoms with Gasteiger partial charge in [0.05, 0.1) is 16.9 Å². The van der Waals surface area contributed by atoms with E-state index in [-0.39, 0.29) is 11.0 Å². The molecule has 0 radical (unpaired) electrons. The summed E-state index contributed by atoms with van der Waals surface area (Å²) < 4.78 is 7.44. The number of aromatic nitrogens is 3. The van der Waals surface area contributed by atoms with Crippen molar-refractivity contribution in [1.82, 2.24) is 14.8 Å². The molecular formula is C20H20ClN3O2S. The average Bonchev–Trinajstić information content (AvgIpc) is 3.06. The molecule has 5 nitrogen and oxygen atoms in total. The molecule has 27 heavy (non-hydrogen) atoms. The number of halogens is 1. The minimum Gasteiger partial charge on any atom is -0.494 e. The number of rotatable bonds is 7. The lowest BCUT2D eigenvalue weighted by Crippen LogP contribution is -2.10. The van der Waals surface area contributed by atoms with E-state index in [1.54, 1.807) is 6.92 Å². The van der Waals surface area contributed by atoms with Crippen LogP contribution in [0, 0.1) is 0 Å². The van der Waals surface area contributed by atoms with Gasteiger partial charge in [-0.05, 0) is 57.2 Å². The SMILES string of the molecule is CCOc1ccc(-n2c(SC(C)C(C)=O)nnc2-c2ccccc2Cl)cc1. The normalized spacial score (nSPS) is 12.0. The maximum Gasteiger partial charge on any atom is 0.196 e. The Bertz CT molecular complexity index is 941. The van der Waals surface area contributed by atoms with Crippen molar-refractivity contribution in [2.45, 2.75) is 31.2 Å². The summed E-state index contributed by atoms with van der Waals surface area (Å²) in [5, 5.41) is 9.68. The minimum absolute atomic E-state index is 0.0838. The Labute approximate surface area is 167 Å². The van der Waals surface area contributed by atoms with Crippen LogP contribution in [0.1, 0.15) is 20.8 Å². The van der Waals surface area contributed by atoms with Crippen molar-refractivity contribution in [2.24, 2.45) is 0 Å². The number of Topliss-reactive ketones (excluding diaryl/α,β-unsaturated/α-hetero) is 1. The third-order valence-corrected chi connectivity index (χ3v) is 5.50. The highest BCUT2D eigenvalue weighted by molar-refractivity contribution is 8.00. The van der Waals surface area contributed by atoms with Gasteiger partial charge in [-0.15, -0.1) is 10.2 Å². The summed E-state index contributed by atoms with van der Waals surface area (Å²) in [5.74, 6) is 1.50. The second-order valence-corrected chi connectivity index (χ2v) is 7.63. The van der Waals surface area contributed by atoms with Crippen LogP contribution in [-0.4, -0.2) is 32.4 Å². The fraction of sp³-hybridized carbons (Fsp3) is 0.250. The second-order valence-electron chi connectivity index (χ2n) is 5.92. The lowest BCUT2D eigenvalue weighted by molar-refractivity contribution is -0.116. The lowest BCUT2D eigenvalue weighted by Gasteiger charge is -2.13. The summed E-state index contributed by atoms with van der Waals surface area (Å²) in [7, 11) is 0. The van der Waals surface area contributed by atoms with Gasteiger partial charge in [0.15, 0.2) is 11.0 Å². The molecule has 0 spiro atoms. The van der Waals surface area contributed by atoms with E-state index >= 15 is 0 Å². The van der Waals surface area contributed by atoms with E-state index in [2.05, 4.69) is 10.2 Å². The summed E-state index contributed by atoms with van der Waals surface area (Å²) in [5.41, 5.74) is 1.65. The van der Waals surface area contributed by atoms with Crippen molar-refractivity contribution in [3.63, 3.8) is 0 Å². The quantitative estimate of drug-likeness (QED) is 0.518. The number of hydrogen-bond acceptors (Lipinski definition) is 5. The third-order valence-electron chi connectivity index (χ3n) is 4.01. The molecule has 140 valence electrons. The van der Waals surface area contributed by atoms with Gasteiger partial charge < -0.3 is 4.74 Å². The number of hydrogen-bond donors (Lipinski definition) is 0. The summed E-state index contributed by atoms with van der Waals surface area (Å²) in [4.78, 5) is 11.7. The molecule has 0 N–H and O–H groups in total. The topological polar surface area (TPSA) is 57.0 Å². The van der Waals surface area contributed by atoms with E-state index < -0.39 is 0 Å². The van der Waals surface area contributed by atoms with Gasteiger partial charge in [-0.2, -0.15) is 0 Å². The fourth-order valence-corrected chi connectivity index (χ4v) is 3.58. The van der Waals surface area contributed by atoms with E-state index in [1.165, 1.54) is 11.8 Å². The first-order valence-electron chi connectivity index (χ1n) is 8.62. The van der Waals surface area contributed by atoms with Crippen molar-refractivity contribution in [1.29, 1.82) is 0 Å². The smallest absolute Gasteiger partial charge is 0.196 e. The van der Waals surface area contributed by atoms with Crippen molar-refractivity contribution in [3.05, 3.63) is 53.6 Å². The molecule has 2 aromatic carbocycles. The van der Waals surface area contributed by atoms with Crippen LogP contribution >= 0.6 is 23.4 Å². The van der Waals surface area contributed by atoms with Crippen LogP contribution in [0.15, 0.2) is 53.7 Å². The van der Waals surface area contributed by atoms with Gasteiger partial charge in [-0.25, -0.2) is 0 Å². The lowest BCUT2D eigenvalue weighted by atomic mass is 10.2. The number of carbonyl (C=O) groups excluding carboxylic acids is 1. The molecule has 0 aliphatic heterocycles. The Hall–Kier alpha value is -2.31. The summed E-state index contributed by atoms with van der Waals surface area (Å²) in [6.07, 6.45) is 0. The van der Waals surface area contributed by atoms with Gasteiger partial charge in [0.25, 0.3) is 0 Å². The van der Waals surface area contributed by atoms with E-state index in [4.69, 9.17) is 16.3 Å². The van der Waals surface area contributed by atoms with Gasteiger partial charge in [-0.3, -0.25) is 9.36 Å². The number of ether oxygens (including phenoxy) is 1. The van der Waals surface area contributed by atoms with E-state index in [0.29, 0.717) is 22.6 Å². The standard InChI is InChI=1S/C20H20ClN3O2S/c1-4-26-16-11-9-15(10-12-16)24-19(17-7-5-6-8-18(17)21)22-23-20(24)27-14(3)13(2)25/h5-12,14H,4H2,1-3H3. The molecule has 0 aliphatic rings. The highest BCUT2D eigenvalue weighted by atomic mass is 35.5. The highest BCUT2D eigenvalue weighted by Crippen LogP contribution is 2.33. The molecule has 3 aromatic rings. The first-order chi connectivity index (χ1) is 13.0. The van der Waals surface area contributed by atoms with Crippen LogP contribution in [0.5, 0.6) is 5.75 Å². The second kappa shape index (κ2) is 8.59. The van der Waals surface area contributed by atoms with Crippen molar-refractivity contribution in [3.8, 4) is 22.8 Å². The molecule has 0 bridgehead atoms. The van der Waals surface area contributed by atoms with Gasteiger partial charge in [0.2, 0.25) is 0 Å². The molecule has 1 atom stereocenters. The van der Waals surface area contributed by atoms with Crippen molar-refractivity contribution >= 4 is 29.1 Å². The predicted molar refractivity (Wildman–Crippen MR) is 109 cm³/mol. The van der Waals surface area contributed by atoms with Crippen LogP contribution in [-0.2, 0) is 4.79 Å². The number of nitrogens with zero attached hydrogens (tertiary/aromatic N) is 3. The van der Waals surface area contributed by atoms with E-state index in [0.717, 1.165) is 17.0 Å². The zero-order valence-electron chi connectivity index (χ0n) is 15.3. The molecule has 1 unspecified atom stereocenters. The molecule has 1 heterocycles. The number of ketones is 1. The minimum atomic E-state index is -0.227. The molecule has 0 saturated carbocycles. The Kier molecular flexibility index (Phi) is 6.19. The molecule has 0 fully saturated rings. The predicted octanol–water partition coefficient (Wildman–Crippen LogP) is 5.06. The average molecular weight is 402 g/mol. The monoisotopic (exact) mass is 401 g/mol. The third kappa shape index (κ3) is 4.34. The maximum absolute atomic E-state index is 11.7. The van der Waals surface area contributed by atoms with Gasteiger partial charge in [0.1, 0.15) is 11.5 Å². The van der Waals surface area contributed by atoms with Gasteiger partial charge in [0, 0.05) is 11.3 Å². The number of carbonyl (C=O) groups is 1. The first-order valence-corrected chi connectivity index (χ1v) is 9.87. The van der Waals surface area contributed by atoms with Crippen LogP contribution in [0.3, 0.4) is 0 Å². The van der Waals surface area contributed by atoms with E-state index in [1.807, 2.05) is 66.9 Å². The van der Waals surface area contributed by atoms with Gasteiger partial charge >= 0.3 is 0 Å². The molecule has 7 heteroatoms. The Morgan fingerprint density at radius 2 is 1.89 bits per heavy atom. The molecule has 0 amide bonds. The molecule has 0 saturated heterocycles. The largest absolute Gasteiger partial charge is 0.494 e. The Morgan fingerprint density at radius 1 is 1.19 bits per heavy atom. The van der Waals surface area contributed by atoms with Crippen LogP contribution in [0.25, 0.3) is 17.1 Å². The zero-order valence-corrected chi connectivity index (χ0v) is 16.9. The number of benzene rings is 2.